The molecular weight excluding hydrogens is 178 g/mol. The molecule has 14 heavy (non-hydrogen) atoms. The van der Waals surface area contributed by atoms with E-state index in [4.69, 9.17) is 5.11 Å². The van der Waals surface area contributed by atoms with Gasteiger partial charge in [0.15, 0.2) is 0 Å². The second kappa shape index (κ2) is 4.78. The lowest BCUT2D eigenvalue weighted by Gasteiger charge is -2.36. The number of carboxylic acid groups (broad SMARTS) is 1. The van der Waals surface area contributed by atoms with E-state index in [0.29, 0.717) is 12.6 Å². The van der Waals surface area contributed by atoms with Crippen LogP contribution in [0.2, 0.25) is 0 Å². The minimum absolute atomic E-state index is 0.187. The van der Waals surface area contributed by atoms with Crippen LogP contribution in [0.5, 0.6) is 0 Å². The van der Waals surface area contributed by atoms with Gasteiger partial charge in [0.05, 0.1) is 5.92 Å². The van der Waals surface area contributed by atoms with Gasteiger partial charge in [-0.3, -0.25) is 4.79 Å². The molecule has 0 rings (SSSR count). The fourth-order valence-corrected chi connectivity index (χ4v) is 1.33. The molecule has 0 radical (unpaired) electrons. The summed E-state index contributed by atoms with van der Waals surface area (Å²) in [7, 11) is 1.98. The number of hydrogen-bond donors (Lipinski definition) is 1. The molecule has 0 fully saturated rings. The highest BCUT2D eigenvalue weighted by molar-refractivity contribution is 5.69. The van der Waals surface area contributed by atoms with Gasteiger partial charge in [-0.15, -0.1) is 0 Å². The standard InChI is InChI=1S/C11H23NO2/c1-8(10(13)14)7-12(6)9(2)11(3,4)5/h8-9H,7H2,1-6H3,(H,13,14). The first-order valence-electron chi connectivity index (χ1n) is 5.09. The summed E-state index contributed by atoms with van der Waals surface area (Å²) < 4.78 is 0. The highest BCUT2D eigenvalue weighted by atomic mass is 16.4. The average Bonchev–Trinajstić information content (AvgIpc) is 2.00. The van der Waals surface area contributed by atoms with Crippen LogP contribution in [0.1, 0.15) is 34.6 Å². The van der Waals surface area contributed by atoms with Crippen LogP contribution in [0.4, 0.5) is 0 Å². The van der Waals surface area contributed by atoms with Crippen LogP contribution in [-0.4, -0.2) is 35.6 Å². The Morgan fingerprint density at radius 3 is 2.07 bits per heavy atom. The predicted molar refractivity (Wildman–Crippen MR) is 58.3 cm³/mol. The molecule has 0 bridgehead atoms. The van der Waals surface area contributed by atoms with Gasteiger partial charge in [0, 0.05) is 12.6 Å². The Morgan fingerprint density at radius 1 is 1.36 bits per heavy atom. The van der Waals surface area contributed by atoms with Crippen LogP contribution < -0.4 is 0 Å². The van der Waals surface area contributed by atoms with Crippen molar-refractivity contribution in [2.45, 2.75) is 40.7 Å². The van der Waals surface area contributed by atoms with Gasteiger partial charge < -0.3 is 10.0 Å². The SMILES string of the molecule is CC(CN(C)C(C)C(C)(C)C)C(=O)O. The van der Waals surface area contributed by atoms with E-state index >= 15 is 0 Å². The normalized spacial score (nSPS) is 16.8. The molecule has 0 aromatic rings. The van der Waals surface area contributed by atoms with E-state index in [2.05, 4.69) is 32.6 Å². The van der Waals surface area contributed by atoms with E-state index in [1.807, 2.05) is 7.05 Å². The molecule has 3 heteroatoms. The Balaban J connectivity index is 4.21. The third kappa shape index (κ3) is 4.09. The molecule has 84 valence electrons. The molecule has 0 aliphatic heterocycles. The smallest absolute Gasteiger partial charge is 0.307 e. The highest BCUT2D eigenvalue weighted by Crippen LogP contribution is 2.23. The minimum Gasteiger partial charge on any atom is -0.481 e. The van der Waals surface area contributed by atoms with Crippen LogP contribution in [-0.2, 0) is 4.79 Å². The van der Waals surface area contributed by atoms with E-state index in [1.54, 1.807) is 6.92 Å². The monoisotopic (exact) mass is 201 g/mol. The zero-order valence-corrected chi connectivity index (χ0v) is 10.2. The number of hydrogen-bond acceptors (Lipinski definition) is 2. The lowest BCUT2D eigenvalue weighted by molar-refractivity contribution is -0.142. The third-order valence-electron chi connectivity index (χ3n) is 2.90. The van der Waals surface area contributed by atoms with Gasteiger partial charge >= 0.3 is 5.97 Å². The lowest BCUT2D eigenvalue weighted by Crippen LogP contribution is -2.42. The number of carboxylic acids is 1. The average molecular weight is 201 g/mol. The molecule has 0 aliphatic carbocycles. The predicted octanol–water partition coefficient (Wildman–Crippen LogP) is 2.07. The van der Waals surface area contributed by atoms with Crippen LogP contribution >= 0.6 is 0 Å². The molecule has 0 heterocycles. The second-order valence-corrected chi connectivity index (χ2v) is 5.22. The maximum atomic E-state index is 10.7. The molecule has 0 aromatic heterocycles. The molecule has 1 N–H and O–H groups in total. The van der Waals surface area contributed by atoms with Crippen molar-refractivity contribution in [2.75, 3.05) is 13.6 Å². The largest absolute Gasteiger partial charge is 0.481 e. The number of nitrogens with zero attached hydrogens (tertiary/aromatic N) is 1. The van der Waals surface area contributed by atoms with E-state index in [0.717, 1.165) is 0 Å². The van der Waals surface area contributed by atoms with E-state index in [-0.39, 0.29) is 11.3 Å². The zero-order valence-electron chi connectivity index (χ0n) is 10.2. The molecule has 0 saturated heterocycles. The van der Waals surface area contributed by atoms with Crippen molar-refractivity contribution < 1.29 is 9.90 Å². The van der Waals surface area contributed by atoms with Crippen molar-refractivity contribution in [1.29, 1.82) is 0 Å². The topological polar surface area (TPSA) is 40.5 Å². The Hall–Kier alpha value is -0.570. The highest BCUT2D eigenvalue weighted by Gasteiger charge is 2.25. The molecule has 0 spiro atoms. The maximum absolute atomic E-state index is 10.7. The molecule has 2 atom stereocenters. The summed E-state index contributed by atoms with van der Waals surface area (Å²) in [6.45, 7) is 11.0. The van der Waals surface area contributed by atoms with Crippen LogP contribution in [0.25, 0.3) is 0 Å². The van der Waals surface area contributed by atoms with Crippen molar-refractivity contribution >= 4 is 5.97 Å². The van der Waals surface area contributed by atoms with Gasteiger partial charge in [0.1, 0.15) is 0 Å². The van der Waals surface area contributed by atoms with Crippen molar-refractivity contribution in [2.24, 2.45) is 11.3 Å². The van der Waals surface area contributed by atoms with Gasteiger partial charge in [0.25, 0.3) is 0 Å². The molecule has 0 saturated carbocycles. The van der Waals surface area contributed by atoms with Crippen molar-refractivity contribution in [1.82, 2.24) is 4.90 Å². The van der Waals surface area contributed by atoms with Crippen molar-refractivity contribution in [3.05, 3.63) is 0 Å². The first-order chi connectivity index (χ1) is 6.16. The van der Waals surface area contributed by atoms with Gasteiger partial charge in [-0.05, 0) is 19.4 Å². The van der Waals surface area contributed by atoms with Crippen LogP contribution in [0.15, 0.2) is 0 Å². The van der Waals surface area contributed by atoms with Gasteiger partial charge in [-0.25, -0.2) is 0 Å². The fourth-order valence-electron chi connectivity index (χ4n) is 1.33. The Morgan fingerprint density at radius 2 is 1.79 bits per heavy atom. The summed E-state index contributed by atoms with van der Waals surface area (Å²) in [5.74, 6) is -1.03. The quantitative estimate of drug-likeness (QED) is 0.757. The first-order valence-corrected chi connectivity index (χ1v) is 5.09. The summed E-state index contributed by atoms with van der Waals surface area (Å²) in [5.41, 5.74) is 0.187. The second-order valence-electron chi connectivity index (χ2n) is 5.22. The summed E-state index contributed by atoms with van der Waals surface area (Å²) in [4.78, 5) is 12.8. The van der Waals surface area contributed by atoms with Gasteiger partial charge in [-0.2, -0.15) is 0 Å². The van der Waals surface area contributed by atoms with E-state index < -0.39 is 5.97 Å². The van der Waals surface area contributed by atoms with Gasteiger partial charge in [0.2, 0.25) is 0 Å². The van der Waals surface area contributed by atoms with E-state index in [9.17, 15) is 4.79 Å². The number of aliphatic carboxylic acids is 1. The Labute approximate surface area is 87.1 Å². The summed E-state index contributed by atoms with van der Waals surface area (Å²) in [6.07, 6.45) is 0. The molecule has 0 amide bonds. The number of carbonyl (C=O) groups is 1. The Kier molecular flexibility index (Phi) is 4.59. The van der Waals surface area contributed by atoms with Gasteiger partial charge in [-0.1, -0.05) is 27.7 Å². The minimum atomic E-state index is -0.724. The van der Waals surface area contributed by atoms with Crippen molar-refractivity contribution in [3.63, 3.8) is 0 Å². The summed E-state index contributed by atoms with van der Waals surface area (Å²) in [6, 6.07) is 0.379. The maximum Gasteiger partial charge on any atom is 0.307 e. The van der Waals surface area contributed by atoms with Crippen LogP contribution in [0.3, 0.4) is 0 Å². The summed E-state index contributed by atoms with van der Waals surface area (Å²) >= 11 is 0. The van der Waals surface area contributed by atoms with Crippen molar-refractivity contribution in [3.8, 4) is 0 Å². The number of rotatable bonds is 4. The zero-order chi connectivity index (χ0) is 11.5. The lowest BCUT2D eigenvalue weighted by atomic mass is 9.87. The first kappa shape index (κ1) is 13.4. The van der Waals surface area contributed by atoms with E-state index in [1.165, 1.54) is 0 Å². The molecule has 2 unspecified atom stereocenters. The Bertz CT molecular complexity index is 196. The third-order valence-corrected chi connectivity index (χ3v) is 2.90. The fraction of sp³-hybridized carbons (Fsp3) is 0.909. The molecule has 0 aromatic carbocycles. The molecular formula is C11H23NO2. The summed E-state index contributed by atoms with van der Waals surface area (Å²) in [5, 5.41) is 8.79. The van der Waals surface area contributed by atoms with Crippen LogP contribution in [0, 0.1) is 11.3 Å². The molecule has 0 aliphatic rings. The molecule has 3 nitrogen and oxygen atoms in total.